The second kappa shape index (κ2) is 4.56. The van der Waals surface area contributed by atoms with Crippen LogP contribution in [0, 0.1) is 5.41 Å². The van der Waals surface area contributed by atoms with Crippen molar-refractivity contribution in [3.05, 3.63) is 23.8 Å². The fourth-order valence-electron chi connectivity index (χ4n) is 2.80. The zero-order chi connectivity index (χ0) is 13.5. The number of hydrogen-bond acceptors (Lipinski definition) is 4. The molecular formula is C14H20N4O. The fraction of sp³-hybridized carbons (Fsp3) is 0.643. The summed E-state index contributed by atoms with van der Waals surface area (Å²) < 4.78 is 0. The van der Waals surface area contributed by atoms with Crippen molar-refractivity contribution in [1.82, 2.24) is 20.2 Å². The van der Waals surface area contributed by atoms with Gasteiger partial charge in [-0.15, -0.1) is 0 Å². The first kappa shape index (κ1) is 12.5. The summed E-state index contributed by atoms with van der Waals surface area (Å²) in [7, 11) is 0. The van der Waals surface area contributed by atoms with E-state index in [9.17, 15) is 4.79 Å². The highest BCUT2D eigenvalue weighted by atomic mass is 16.2. The summed E-state index contributed by atoms with van der Waals surface area (Å²) in [6.07, 6.45) is 5.45. The molecule has 0 saturated carbocycles. The Morgan fingerprint density at radius 2 is 2.16 bits per heavy atom. The standard InChI is InChI=1S/C14H20N4O/c1-14(2)3-5-18(6-4-14)13(19)12-10-7-15-9-17-11(10)8-16-12/h7,9,12,16H,3-6,8H2,1-2H3. The fourth-order valence-corrected chi connectivity index (χ4v) is 2.80. The number of carbonyl (C=O) groups excluding carboxylic acids is 1. The van der Waals surface area contributed by atoms with E-state index in [0.29, 0.717) is 12.0 Å². The smallest absolute Gasteiger partial charge is 0.244 e. The number of amides is 1. The SMILES string of the molecule is CC1(C)CCN(C(=O)C2NCc3ncncc32)CC1. The van der Waals surface area contributed by atoms with E-state index >= 15 is 0 Å². The van der Waals surface area contributed by atoms with Crippen LogP contribution in [0.3, 0.4) is 0 Å². The van der Waals surface area contributed by atoms with Crippen LogP contribution in [0.4, 0.5) is 0 Å². The molecule has 0 radical (unpaired) electrons. The van der Waals surface area contributed by atoms with Gasteiger partial charge in [0.05, 0.1) is 5.69 Å². The van der Waals surface area contributed by atoms with Crippen LogP contribution in [0.5, 0.6) is 0 Å². The lowest BCUT2D eigenvalue weighted by molar-refractivity contribution is -0.135. The molecule has 5 nitrogen and oxygen atoms in total. The number of aromatic nitrogens is 2. The number of nitrogens with zero attached hydrogens (tertiary/aromatic N) is 3. The molecule has 2 aliphatic heterocycles. The zero-order valence-corrected chi connectivity index (χ0v) is 11.5. The van der Waals surface area contributed by atoms with Crippen LogP contribution in [-0.2, 0) is 11.3 Å². The van der Waals surface area contributed by atoms with Crippen molar-refractivity contribution < 1.29 is 4.79 Å². The summed E-state index contributed by atoms with van der Waals surface area (Å²) >= 11 is 0. The third-order valence-corrected chi connectivity index (χ3v) is 4.29. The lowest BCUT2D eigenvalue weighted by atomic mass is 9.82. The molecule has 3 heterocycles. The number of carbonyl (C=O) groups is 1. The van der Waals surface area contributed by atoms with Gasteiger partial charge in [0, 0.05) is 31.4 Å². The molecule has 1 fully saturated rings. The molecule has 1 aromatic heterocycles. The van der Waals surface area contributed by atoms with Crippen LogP contribution in [0.1, 0.15) is 44.0 Å². The van der Waals surface area contributed by atoms with E-state index in [-0.39, 0.29) is 11.9 Å². The van der Waals surface area contributed by atoms with Crippen molar-refractivity contribution in [3.8, 4) is 0 Å². The van der Waals surface area contributed by atoms with Gasteiger partial charge < -0.3 is 4.90 Å². The molecular weight excluding hydrogens is 240 g/mol. The third-order valence-electron chi connectivity index (χ3n) is 4.29. The molecule has 0 bridgehead atoms. The summed E-state index contributed by atoms with van der Waals surface area (Å²) in [5.74, 6) is 0.170. The van der Waals surface area contributed by atoms with Crippen molar-refractivity contribution >= 4 is 5.91 Å². The molecule has 1 N–H and O–H groups in total. The normalized spacial score (nSPS) is 25.2. The maximum Gasteiger partial charge on any atom is 0.244 e. The summed E-state index contributed by atoms with van der Waals surface area (Å²) in [5, 5.41) is 3.25. The van der Waals surface area contributed by atoms with Gasteiger partial charge in [0.2, 0.25) is 5.91 Å². The predicted octanol–water partition coefficient (Wildman–Crippen LogP) is 1.27. The Hall–Kier alpha value is -1.49. The van der Waals surface area contributed by atoms with Gasteiger partial charge >= 0.3 is 0 Å². The van der Waals surface area contributed by atoms with E-state index in [0.717, 1.165) is 37.2 Å². The van der Waals surface area contributed by atoms with Crippen molar-refractivity contribution in [2.24, 2.45) is 5.41 Å². The molecule has 1 unspecified atom stereocenters. The van der Waals surface area contributed by atoms with Crippen LogP contribution in [0.25, 0.3) is 0 Å². The lowest BCUT2D eigenvalue weighted by Gasteiger charge is -2.38. The zero-order valence-electron chi connectivity index (χ0n) is 11.5. The Morgan fingerprint density at radius 1 is 1.42 bits per heavy atom. The largest absolute Gasteiger partial charge is 0.341 e. The van der Waals surface area contributed by atoms with Gasteiger partial charge in [-0.3, -0.25) is 10.1 Å². The highest BCUT2D eigenvalue weighted by molar-refractivity contribution is 5.84. The number of hydrogen-bond donors (Lipinski definition) is 1. The molecule has 0 aliphatic carbocycles. The minimum atomic E-state index is -0.252. The molecule has 1 saturated heterocycles. The average Bonchev–Trinajstić information content (AvgIpc) is 2.82. The van der Waals surface area contributed by atoms with Crippen LogP contribution in [-0.4, -0.2) is 33.9 Å². The summed E-state index contributed by atoms with van der Waals surface area (Å²) in [6, 6.07) is -0.252. The first-order valence-electron chi connectivity index (χ1n) is 6.88. The lowest BCUT2D eigenvalue weighted by Crippen LogP contribution is -2.45. The molecule has 19 heavy (non-hydrogen) atoms. The maximum absolute atomic E-state index is 12.6. The Balaban J connectivity index is 1.73. The van der Waals surface area contributed by atoms with Crippen molar-refractivity contribution in [2.75, 3.05) is 13.1 Å². The first-order valence-corrected chi connectivity index (χ1v) is 6.88. The molecule has 0 aromatic carbocycles. The van der Waals surface area contributed by atoms with E-state index in [2.05, 4.69) is 29.1 Å². The van der Waals surface area contributed by atoms with Gasteiger partial charge in [-0.25, -0.2) is 9.97 Å². The van der Waals surface area contributed by atoms with E-state index < -0.39 is 0 Å². The van der Waals surface area contributed by atoms with Gasteiger partial charge in [-0.2, -0.15) is 0 Å². The van der Waals surface area contributed by atoms with Crippen molar-refractivity contribution in [3.63, 3.8) is 0 Å². The van der Waals surface area contributed by atoms with Gasteiger partial charge in [-0.1, -0.05) is 13.8 Å². The van der Waals surface area contributed by atoms with E-state index in [1.807, 2.05) is 4.90 Å². The van der Waals surface area contributed by atoms with Crippen LogP contribution >= 0.6 is 0 Å². The predicted molar refractivity (Wildman–Crippen MR) is 71.2 cm³/mol. The molecule has 102 valence electrons. The number of rotatable bonds is 1. The van der Waals surface area contributed by atoms with Crippen molar-refractivity contribution in [1.29, 1.82) is 0 Å². The number of nitrogens with one attached hydrogen (secondary N) is 1. The first-order chi connectivity index (χ1) is 9.07. The molecule has 0 spiro atoms. The number of likely N-dealkylation sites (tertiary alicyclic amines) is 1. The maximum atomic E-state index is 12.6. The highest BCUT2D eigenvalue weighted by Crippen LogP contribution is 2.32. The monoisotopic (exact) mass is 260 g/mol. The number of fused-ring (bicyclic) bond motifs is 1. The van der Waals surface area contributed by atoms with E-state index in [1.165, 1.54) is 6.33 Å². The molecule has 1 amide bonds. The van der Waals surface area contributed by atoms with Gasteiger partial charge in [-0.05, 0) is 18.3 Å². The molecule has 1 atom stereocenters. The Morgan fingerprint density at radius 3 is 2.89 bits per heavy atom. The minimum absolute atomic E-state index is 0.170. The second-order valence-electron chi connectivity index (χ2n) is 6.23. The van der Waals surface area contributed by atoms with Crippen molar-refractivity contribution in [2.45, 2.75) is 39.3 Å². The minimum Gasteiger partial charge on any atom is -0.341 e. The molecule has 2 aliphatic rings. The Labute approximate surface area is 113 Å². The Bertz CT molecular complexity index is 490. The van der Waals surface area contributed by atoms with Gasteiger partial charge in [0.15, 0.2) is 0 Å². The summed E-state index contributed by atoms with van der Waals surface area (Å²) in [4.78, 5) is 22.8. The third kappa shape index (κ3) is 2.34. The second-order valence-corrected chi connectivity index (χ2v) is 6.23. The molecule has 3 rings (SSSR count). The topological polar surface area (TPSA) is 58.1 Å². The van der Waals surface area contributed by atoms with E-state index in [4.69, 9.17) is 0 Å². The quantitative estimate of drug-likeness (QED) is 0.826. The highest BCUT2D eigenvalue weighted by Gasteiger charge is 2.35. The summed E-state index contributed by atoms with van der Waals surface area (Å²) in [5.41, 5.74) is 2.25. The van der Waals surface area contributed by atoms with Gasteiger partial charge in [0.1, 0.15) is 12.4 Å². The Kier molecular flexibility index (Phi) is 3.01. The van der Waals surface area contributed by atoms with Gasteiger partial charge in [0.25, 0.3) is 0 Å². The van der Waals surface area contributed by atoms with Crippen LogP contribution in [0.2, 0.25) is 0 Å². The van der Waals surface area contributed by atoms with Crippen LogP contribution < -0.4 is 5.32 Å². The molecule has 1 aromatic rings. The molecule has 5 heteroatoms. The van der Waals surface area contributed by atoms with Crippen LogP contribution in [0.15, 0.2) is 12.5 Å². The average molecular weight is 260 g/mol. The number of piperidine rings is 1. The summed E-state index contributed by atoms with van der Waals surface area (Å²) in [6.45, 7) is 6.91. The van der Waals surface area contributed by atoms with E-state index in [1.54, 1.807) is 6.20 Å².